The van der Waals surface area contributed by atoms with Gasteiger partial charge in [-0.3, -0.25) is 19.3 Å². The summed E-state index contributed by atoms with van der Waals surface area (Å²) in [6.07, 6.45) is 3.66. The number of rotatable bonds is 4. The molecule has 6 rings (SSSR count). The Morgan fingerprint density at radius 3 is 2.38 bits per heavy atom. The van der Waals surface area contributed by atoms with Crippen LogP contribution in [0.15, 0.2) is 29.0 Å². The lowest BCUT2D eigenvalue weighted by Crippen LogP contribution is -2.67. The van der Waals surface area contributed by atoms with E-state index < -0.39 is 58.0 Å². The van der Waals surface area contributed by atoms with E-state index in [1.54, 1.807) is 7.11 Å². The van der Waals surface area contributed by atoms with Crippen LogP contribution in [0, 0.1) is 11.8 Å². The van der Waals surface area contributed by atoms with E-state index in [0.29, 0.717) is 37.9 Å². The van der Waals surface area contributed by atoms with Crippen LogP contribution in [0.2, 0.25) is 0 Å². The minimum Gasteiger partial charge on any atom is -0.508 e. The number of nitrogens with zero attached hydrogens (tertiary/aromatic N) is 2. The van der Waals surface area contributed by atoms with Crippen molar-refractivity contribution >= 4 is 28.9 Å². The fourth-order valence-electron chi connectivity index (χ4n) is 7.70. The fraction of sp³-hybridized carbons (Fsp3) is 0.552. The third-order valence-corrected chi connectivity index (χ3v) is 9.67. The third-order valence-electron chi connectivity index (χ3n) is 9.67. The van der Waals surface area contributed by atoms with E-state index in [4.69, 9.17) is 10.5 Å². The van der Waals surface area contributed by atoms with Gasteiger partial charge in [-0.15, -0.1) is 0 Å². The van der Waals surface area contributed by atoms with E-state index in [0.717, 1.165) is 31.6 Å². The van der Waals surface area contributed by atoms with E-state index in [2.05, 4.69) is 4.90 Å². The molecule has 0 radical (unpaired) electrons. The Morgan fingerprint density at radius 2 is 1.75 bits per heavy atom. The molecule has 214 valence electrons. The Balaban J connectivity index is 1.49. The van der Waals surface area contributed by atoms with Gasteiger partial charge >= 0.3 is 0 Å². The maximum absolute atomic E-state index is 14.1. The number of aliphatic hydroxyl groups is 3. The molecule has 0 bridgehead atoms. The zero-order chi connectivity index (χ0) is 28.5. The SMILES string of the molecule is COC1CCN(C2C(=O)C(C(N)=O)=C(O)C3(O)C(=O)C4=C(O)c5c(O)ccc(N6CCCC6)c5CC4CC23)CC1. The minimum absolute atomic E-state index is 0.000570. The van der Waals surface area contributed by atoms with Gasteiger partial charge in [0.1, 0.15) is 22.8 Å². The van der Waals surface area contributed by atoms with Crippen LogP contribution in [0.1, 0.15) is 43.2 Å². The van der Waals surface area contributed by atoms with Gasteiger partial charge in [-0.05, 0) is 62.1 Å². The Morgan fingerprint density at radius 1 is 1.07 bits per heavy atom. The number of anilines is 1. The van der Waals surface area contributed by atoms with Crippen LogP contribution in [0.4, 0.5) is 5.69 Å². The molecule has 1 aromatic carbocycles. The van der Waals surface area contributed by atoms with Crippen molar-refractivity contribution in [3.63, 3.8) is 0 Å². The molecule has 2 heterocycles. The molecule has 40 heavy (non-hydrogen) atoms. The first kappa shape index (κ1) is 26.8. The fourth-order valence-corrected chi connectivity index (χ4v) is 7.70. The summed E-state index contributed by atoms with van der Waals surface area (Å²) < 4.78 is 5.46. The van der Waals surface area contributed by atoms with Gasteiger partial charge in [0.25, 0.3) is 5.91 Å². The lowest BCUT2D eigenvalue weighted by molar-refractivity contribution is -0.156. The van der Waals surface area contributed by atoms with Crippen molar-refractivity contribution in [2.24, 2.45) is 17.6 Å². The summed E-state index contributed by atoms with van der Waals surface area (Å²) in [4.78, 5) is 44.3. The molecular weight excluding hydrogens is 518 g/mol. The number of primary amides is 1. The molecule has 0 aromatic heterocycles. The maximum atomic E-state index is 14.1. The molecule has 5 aliphatic rings. The molecule has 1 aromatic rings. The van der Waals surface area contributed by atoms with Crippen molar-refractivity contribution in [3.05, 3.63) is 40.2 Å². The van der Waals surface area contributed by atoms with E-state index in [9.17, 15) is 34.8 Å². The second-order valence-electron chi connectivity index (χ2n) is 11.6. The number of ether oxygens (including phenoxy) is 1. The van der Waals surface area contributed by atoms with Crippen LogP contribution in [0.25, 0.3) is 5.76 Å². The number of carbonyl (C=O) groups excluding carboxylic acids is 3. The number of piperidine rings is 1. The van der Waals surface area contributed by atoms with Crippen molar-refractivity contribution in [1.29, 1.82) is 0 Å². The number of methoxy groups -OCH3 is 1. The summed E-state index contributed by atoms with van der Waals surface area (Å²) >= 11 is 0. The molecule has 3 fully saturated rings. The number of carbonyl (C=O) groups is 3. The summed E-state index contributed by atoms with van der Waals surface area (Å²) in [5.41, 5.74) is 3.66. The predicted octanol–water partition coefficient (Wildman–Crippen LogP) is 1.11. The molecular formula is C29H35N3O8. The van der Waals surface area contributed by atoms with E-state index in [-0.39, 0.29) is 29.4 Å². The number of phenols is 1. The number of aromatic hydroxyl groups is 1. The van der Waals surface area contributed by atoms with Gasteiger partial charge in [0.2, 0.25) is 5.78 Å². The second kappa shape index (κ2) is 9.60. The largest absolute Gasteiger partial charge is 0.508 e. The summed E-state index contributed by atoms with van der Waals surface area (Å²) in [5.74, 6) is -6.31. The zero-order valence-corrected chi connectivity index (χ0v) is 22.4. The van der Waals surface area contributed by atoms with Crippen LogP contribution < -0.4 is 10.6 Å². The topological polar surface area (TPSA) is 174 Å². The Kier molecular flexibility index (Phi) is 6.43. The summed E-state index contributed by atoms with van der Waals surface area (Å²) in [6.45, 7) is 2.53. The van der Waals surface area contributed by atoms with Gasteiger partial charge in [-0.25, -0.2) is 0 Å². The number of aliphatic hydroxyl groups excluding tert-OH is 2. The van der Waals surface area contributed by atoms with Gasteiger partial charge in [0, 0.05) is 50.5 Å². The summed E-state index contributed by atoms with van der Waals surface area (Å²) in [6, 6.07) is 2.23. The highest BCUT2D eigenvalue weighted by molar-refractivity contribution is 6.24. The van der Waals surface area contributed by atoms with Gasteiger partial charge in [-0.1, -0.05) is 0 Å². The van der Waals surface area contributed by atoms with E-state index in [1.807, 2.05) is 11.0 Å². The highest BCUT2D eigenvalue weighted by Crippen LogP contribution is 2.54. The highest BCUT2D eigenvalue weighted by atomic mass is 16.5. The molecule has 1 amide bonds. The number of Topliss-reactive ketones (excluding diaryl/α,β-unsaturated/α-hetero) is 2. The van der Waals surface area contributed by atoms with E-state index >= 15 is 0 Å². The van der Waals surface area contributed by atoms with Crippen molar-refractivity contribution in [3.8, 4) is 5.75 Å². The number of fused-ring (bicyclic) bond motifs is 3. The first-order valence-corrected chi connectivity index (χ1v) is 13.9. The zero-order valence-electron chi connectivity index (χ0n) is 22.4. The number of ketones is 2. The summed E-state index contributed by atoms with van der Waals surface area (Å²) in [7, 11) is 1.62. The van der Waals surface area contributed by atoms with Gasteiger partial charge in [0.05, 0.1) is 17.7 Å². The average molecular weight is 554 g/mol. The Hall–Kier alpha value is -3.41. The van der Waals surface area contributed by atoms with Gasteiger partial charge < -0.3 is 35.8 Å². The van der Waals surface area contributed by atoms with E-state index in [1.165, 1.54) is 6.07 Å². The average Bonchev–Trinajstić information content (AvgIpc) is 3.46. The van der Waals surface area contributed by atoms with Crippen LogP contribution in [0.5, 0.6) is 5.75 Å². The monoisotopic (exact) mass is 553 g/mol. The lowest BCUT2D eigenvalue weighted by atomic mass is 9.57. The third kappa shape index (κ3) is 3.71. The number of likely N-dealkylation sites (tertiary alicyclic amines) is 1. The number of nitrogens with two attached hydrogens (primary N) is 1. The molecule has 4 atom stereocenters. The van der Waals surface area contributed by atoms with Gasteiger partial charge in [-0.2, -0.15) is 0 Å². The molecule has 2 aliphatic heterocycles. The smallest absolute Gasteiger partial charge is 0.255 e. The lowest BCUT2D eigenvalue weighted by Gasteiger charge is -2.52. The normalized spacial score (nSPS) is 31.4. The van der Waals surface area contributed by atoms with Crippen LogP contribution in [0.3, 0.4) is 0 Å². The molecule has 6 N–H and O–H groups in total. The predicted molar refractivity (Wildman–Crippen MR) is 144 cm³/mol. The molecule has 11 heteroatoms. The molecule has 2 saturated heterocycles. The quantitative estimate of drug-likeness (QED) is 0.340. The first-order valence-electron chi connectivity index (χ1n) is 13.9. The van der Waals surface area contributed by atoms with Crippen LogP contribution >= 0.6 is 0 Å². The molecule has 11 nitrogen and oxygen atoms in total. The second-order valence-corrected chi connectivity index (χ2v) is 11.6. The number of amides is 1. The Labute approximate surface area is 231 Å². The number of hydrogen-bond donors (Lipinski definition) is 5. The Bertz CT molecular complexity index is 1350. The number of phenolic OH excluding ortho intramolecular Hbond substituents is 1. The van der Waals surface area contributed by atoms with Gasteiger partial charge in [0.15, 0.2) is 11.4 Å². The standard InChI is InChI=1S/C29H35N3O8/c1-40-15-6-10-32(11-7-15)23-17-13-14-12-16-18(31-8-2-3-9-31)4-5-19(33)21(16)24(34)20(14)26(36)29(17,39)27(37)22(25(23)35)28(30)38/h4-5,14-15,17,23,33-34,37,39H,2-3,6-13H2,1H3,(H2,30,38). The highest BCUT2D eigenvalue weighted by Gasteiger charge is 2.64. The maximum Gasteiger partial charge on any atom is 0.255 e. The first-order chi connectivity index (χ1) is 19.1. The van der Waals surface area contributed by atoms with Crippen molar-refractivity contribution in [2.75, 3.05) is 38.2 Å². The minimum atomic E-state index is -2.64. The molecule has 3 aliphatic carbocycles. The summed E-state index contributed by atoms with van der Waals surface area (Å²) in [5, 5.41) is 45.3. The van der Waals surface area contributed by atoms with Crippen molar-refractivity contribution in [1.82, 2.24) is 4.90 Å². The molecule has 0 spiro atoms. The van der Waals surface area contributed by atoms with Crippen LogP contribution in [-0.2, 0) is 25.5 Å². The molecule has 1 saturated carbocycles. The van der Waals surface area contributed by atoms with Crippen LogP contribution in [-0.4, -0.2) is 93.8 Å². The number of hydrogen-bond acceptors (Lipinski definition) is 10. The molecule has 4 unspecified atom stereocenters. The number of benzene rings is 1. The van der Waals surface area contributed by atoms with Crippen molar-refractivity contribution in [2.45, 2.75) is 56.3 Å². The van der Waals surface area contributed by atoms with Crippen molar-refractivity contribution < 1.29 is 39.5 Å².